The molecule has 1 aliphatic heterocycles. The molecule has 0 bridgehead atoms. The number of aromatic nitrogens is 2. The molecule has 2 N–H and O–H groups in total. The van der Waals surface area contributed by atoms with Crippen molar-refractivity contribution < 1.29 is 14.3 Å². The topological polar surface area (TPSA) is 85.4 Å². The van der Waals surface area contributed by atoms with Crippen LogP contribution in [-0.2, 0) is 4.74 Å². The second-order valence-corrected chi connectivity index (χ2v) is 5.97. The summed E-state index contributed by atoms with van der Waals surface area (Å²) in [5.74, 6) is 0.905. The lowest BCUT2D eigenvalue weighted by molar-refractivity contribution is 0.0857. The molecule has 132 valence electrons. The van der Waals surface area contributed by atoms with Crippen molar-refractivity contribution in [1.82, 2.24) is 15.3 Å². The van der Waals surface area contributed by atoms with E-state index < -0.39 is 0 Å². The zero-order valence-electron chi connectivity index (χ0n) is 14.4. The van der Waals surface area contributed by atoms with E-state index in [2.05, 4.69) is 20.6 Å². The minimum atomic E-state index is -0.199. The number of rotatable bonds is 6. The quantitative estimate of drug-likeness (QED) is 0.839. The van der Waals surface area contributed by atoms with Crippen LogP contribution in [0.1, 0.15) is 28.8 Å². The van der Waals surface area contributed by atoms with E-state index in [1.807, 2.05) is 25.1 Å². The number of ether oxygens (including phenoxy) is 2. The summed E-state index contributed by atoms with van der Waals surface area (Å²) in [5.41, 5.74) is 2.28. The van der Waals surface area contributed by atoms with Gasteiger partial charge < -0.3 is 20.1 Å². The first-order chi connectivity index (χ1) is 12.2. The third-order valence-electron chi connectivity index (χ3n) is 4.03. The van der Waals surface area contributed by atoms with E-state index >= 15 is 0 Å². The number of amides is 1. The van der Waals surface area contributed by atoms with Gasteiger partial charge in [-0.1, -0.05) is 6.07 Å². The van der Waals surface area contributed by atoms with Gasteiger partial charge in [-0.05, 0) is 37.5 Å². The van der Waals surface area contributed by atoms with Crippen molar-refractivity contribution in [3.05, 3.63) is 41.7 Å². The fraction of sp³-hybridized carbons (Fsp3) is 0.389. The number of anilines is 2. The van der Waals surface area contributed by atoms with Crippen LogP contribution in [0.15, 0.2) is 30.6 Å². The third-order valence-corrected chi connectivity index (χ3v) is 4.03. The van der Waals surface area contributed by atoms with E-state index in [0.717, 1.165) is 30.7 Å². The predicted octanol–water partition coefficient (Wildman–Crippen LogP) is 2.45. The van der Waals surface area contributed by atoms with Gasteiger partial charge in [-0.3, -0.25) is 4.79 Å². The van der Waals surface area contributed by atoms with Gasteiger partial charge in [-0.15, -0.1) is 0 Å². The van der Waals surface area contributed by atoms with Crippen molar-refractivity contribution in [3.63, 3.8) is 0 Å². The highest BCUT2D eigenvalue weighted by Gasteiger charge is 2.17. The van der Waals surface area contributed by atoms with Gasteiger partial charge in [-0.25, -0.2) is 9.97 Å². The van der Waals surface area contributed by atoms with Crippen LogP contribution in [0.25, 0.3) is 0 Å². The Balaban J connectivity index is 1.62. The Morgan fingerprint density at radius 2 is 2.16 bits per heavy atom. The van der Waals surface area contributed by atoms with Crippen molar-refractivity contribution in [1.29, 1.82) is 0 Å². The zero-order valence-corrected chi connectivity index (χ0v) is 14.4. The van der Waals surface area contributed by atoms with Gasteiger partial charge in [-0.2, -0.15) is 0 Å². The van der Waals surface area contributed by atoms with Crippen LogP contribution >= 0.6 is 0 Å². The smallest absolute Gasteiger partial charge is 0.254 e. The molecule has 7 heteroatoms. The number of carbonyl (C=O) groups is 1. The number of nitrogens with one attached hydrogen (secondary N) is 2. The molecule has 1 saturated heterocycles. The van der Waals surface area contributed by atoms with Gasteiger partial charge in [0.05, 0.1) is 24.5 Å². The minimum Gasteiger partial charge on any atom is -0.495 e. The number of carbonyl (C=O) groups excluding carboxylic acids is 1. The van der Waals surface area contributed by atoms with Crippen molar-refractivity contribution in [2.75, 3.05) is 25.6 Å². The Morgan fingerprint density at radius 3 is 2.84 bits per heavy atom. The molecule has 0 radical (unpaired) electrons. The predicted molar refractivity (Wildman–Crippen MR) is 94.4 cm³/mol. The van der Waals surface area contributed by atoms with Crippen molar-refractivity contribution in [3.8, 4) is 5.75 Å². The summed E-state index contributed by atoms with van der Waals surface area (Å²) in [6, 6.07) is 5.79. The number of benzene rings is 1. The molecule has 1 aliphatic rings. The van der Waals surface area contributed by atoms with Gasteiger partial charge in [0, 0.05) is 25.5 Å². The Kier molecular flexibility index (Phi) is 5.45. The average Bonchev–Trinajstić information content (AvgIpc) is 3.14. The monoisotopic (exact) mass is 342 g/mol. The van der Waals surface area contributed by atoms with Crippen molar-refractivity contribution >= 4 is 17.5 Å². The summed E-state index contributed by atoms with van der Waals surface area (Å²) < 4.78 is 10.8. The standard InChI is InChI=1S/C18H22N4O3/c1-12-5-6-16(24-2)15(8-12)22-18-20-9-13(10-21-18)17(23)19-11-14-4-3-7-25-14/h5-6,8-10,14H,3-4,7,11H2,1-2H3,(H,19,23)(H,20,21,22). The normalized spacial score (nSPS) is 16.5. The van der Waals surface area contributed by atoms with Gasteiger partial charge in [0.25, 0.3) is 5.91 Å². The summed E-state index contributed by atoms with van der Waals surface area (Å²) in [5, 5.41) is 5.96. The first kappa shape index (κ1) is 17.2. The van der Waals surface area contributed by atoms with Crippen LogP contribution < -0.4 is 15.4 Å². The SMILES string of the molecule is COc1ccc(C)cc1Nc1ncc(C(=O)NCC2CCCO2)cn1. The summed E-state index contributed by atoms with van der Waals surface area (Å²) >= 11 is 0. The molecule has 1 aromatic heterocycles. The molecule has 1 fully saturated rings. The molecule has 3 rings (SSSR count). The fourth-order valence-electron chi connectivity index (χ4n) is 2.66. The Hall–Kier alpha value is -2.67. The molecule has 0 aliphatic carbocycles. The Bertz CT molecular complexity index is 728. The van der Waals surface area contributed by atoms with Gasteiger partial charge in [0.15, 0.2) is 0 Å². The molecular weight excluding hydrogens is 320 g/mol. The largest absolute Gasteiger partial charge is 0.495 e. The van der Waals surface area contributed by atoms with Crippen LogP contribution in [0.3, 0.4) is 0 Å². The highest BCUT2D eigenvalue weighted by atomic mass is 16.5. The van der Waals surface area contributed by atoms with Crippen LogP contribution in [0.4, 0.5) is 11.6 Å². The molecule has 2 heterocycles. The lowest BCUT2D eigenvalue weighted by Gasteiger charge is -2.12. The van der Waals surface area contributed by atoms with Crippen LogP contribution in [0.5, 0.6) is 5.75 Å². The summed E-state index contributed by atoms with van der Waals surface area (Å²) in [7, 11) is 1.61. The van der Waals surface area contributed by atoms with Gasteiger partial charge in [0.1, 0.15) is 5.75 Å². The van der Waals surface area contributed by atoms with Crippen LogP contribution in [-0.4, -0.2) is 42.2 Å². The Morgan fingerprint density at radius 1 is 1.36 bits per heavy atom. The maximum Gasteiger partial charge on any atom is 0.254 e. The molecule has 1 aromatic carbocycles. The maximum absolute atomic E-state index is 12.1. The van der Waals surface area contributed by atoms with Gasteiger partial charge >= 0.3 is 0 Å². The lowest BCUT2D eigenvalue weighted by Crippen LogP contribution is -2.31. The first-order valence-corrected chi connectivity index (χ1v) is 8.29. The lowest BCUT2D eigenvalue weighted by atomic mass is 10.2. The molecule has 1 atom stereocenters. The highest BCUT2D eigenvalue weighted by Crippen LogP contribution is 2.27. The number of hydrogen-bond donors (Lipinski definition) is 2. The highest BCUT2D eigenvalue weighted by molar-refractivity contribution is 5.93. The molecule has 25 heavy (non-hydrogen) atoms. The summed E-state index contributed by atoms with van der Waals surface area (Å²) in [6.07, 6.45) is 5.15. The molecule has 2 aromatic rings. The van der Waals surface area contributed by atoms with E-state index in [1.54, 1.807) is 7.11 Å². The average molecular weight is 342 g/mol. The molecule has 0 saturated carbocycles. The molecular formula is C18H22N4O3. The minimum absolute atomic E-state index is 0.111. The van der Waals surface area contributed by atoms with Crippen LogP contribution in [0.2, 0.25) is 0 Å². The molecule has 7 nitrogen and oxygen atoms in total. The first-order valence-electron chi connectivity index (χ1n) is 8.29. The fourth-order valence-corrected chi connectivity index (χ4v) is 2.66. The third kappa shape index (κ3) is 4.45. The maximum atomic E-state index is 12.1. The number of hydrogen-bond acceptors (Lipinski definition) is 6. The van der Waals surface area contributed by atoms with Crippen molar-refractivity contribution in [2.45, 2.75) is 25.9 Å². The molecule has 0 spiro atoms. The number of nitrogens with zero attached hydrogens (tertiary/aromatic N) is 2. The second-order valence-electron chi connectivity index (χ2n) is 5.97. The van der Waals surface area contributed by atoms with E-state index in [0.29, 0.717) is 23.8 Å². The van der Waals surface area contributed by atoms with E-state index in [-0.39, 0.29) is 12.0 Å². The second kappa shape index (κ2) is 7.94. The summed E-state index contributed by atoms with van der Waals surface area (Å²) in [6.45, 7) is 3.28. The van der Waals surface area contributed by atoms with Gasteiger partial charge in [0.2, 0.25) is 5.95 Å². The van der Waals surface area contributed by atoms with E-state index in [4.69, 9.17) is 9.47 Å². The van der Waals surface area contributed by atoms with E-state index in [9.17, 15) is 4.79 Å². The van der Waals surface area contributed by atoms with Crippen molar-refractivity contribution in [2.24, 2.45) is 0 Å². The zero-order chi connectivity index (χ0) is 17.6. The van der Waals surface area contributed by atoms with Crippen LogP contribution in [0, 0.1) is 6.92 Å². The molecule has 1 amide bonds. The molecule has 1 unspecified atom stereocenters. The number of aryl methyl sites for hydroxylation is 1. The van der Waals surface area contributed by atoms with E-state index in [1.165, 1.54) is 12.4 Å². The summed E-state index contributed by atoms with van der Waals surface area (Å²) in [4.78, 5) is 20.5. The number of methoxy groups -OCH3 is 1. The Labute approximate surface area is 146 Å².